The first-order chi connectivity index (χ1) is 8.06. The summed E-state index contributed by atoms with van der Waals surface area (Å²) in [5.74, 6) is 0. The molecule has 0 heterocycles. The molecule has 0 bridgehead atoms. The minimum atomic E-state index is -0.107. The smallest absolute Gasteiger partial charge is 0.693 e. The van der Waals surface area contributed by atoms with Crippen molar-refractivity contribution >= 4 is 13.2 Å². The molecule has 100 valence electrons. The Bertz CT molecular complexity index is 314. The second kappa shape index (κ2) is 9.19. The van der Waals surface area contributed by atoms with Gasteiger partial charge in [0.2, 0.25) is 0 Å². The van der Waals surface area contributed by atoms with Gasteiger partial charge in [-0.3, -0.25) is 0 Å². The van der Waals surface area contributed by atoms with Gasteiger partial charge >= 0.3 is 20.7 Å². The molecule has 0 aliphatic heterocycles. The van der Waals surface area contributed by atoms with Crippen molar-refractivity contribution in [2.45, 2.75) is 45.6 Å². The predicted molar refractivity (Wildman–Crippen MR) is 76.7 cm³/mol. The standard InChI is InChI=1S/C13H21NP.Ir.H2N.H/c1-10(2)15(11(3)4)13-7-5-6-12(8-13)9-14;;;/h5-6,8,10-11H,9,14H2,1-4H3;;1H2;/q-1;+2;-1;/i;;;1+1. The molecule has 4 heteroatoms. The quantitative estimate of drug-likeness (QED) is 0.576. The van der Waals surface area contributed by atoms with Crippen LogP contribution >= 0.6 is 7.92 Å². The van der Waals surface area contributed by atoms with Crippen LogP contribution in [0.3, 0.4) is 0 Å². The van der Waals surface area contributed by atoms with Gasteiger partial charge in [-0.05, 0) is 17.9 Å². The van der Waals surface area contributed by atoms with E-state index in [9.17, 15) is 0 Å². The van der Waals surface area contributed by atoms with E-state index < -0.39 is 0 Å². The van der Waals surface area contributed by atoms with Gasteiger partial charge in [-0.2, -0.15) is 24.3 Å². The first-order valence-electron chi connectivity index (χ1n) is 5.88. The van der Waals surface area contributed by atoms with Gasteiger partial charge < -0.3 is 11.9 Å². The Morgan fingerprint density at radius 2 is 1.88 bits per heavy atom. The Hall–Kier alpha value is 0.219. The van der Waals surface area contributed by atoms with Gasteiger partial charge in [0, 0.05) is 0 Å². The van der Waals surface area contributed by atoms with Gasteiger partial charge in [-0.25, -0.2) is 0 Å². The third kappa shape index (κ3) is 5.59. The fourth-order valence-corrected chi connectivity index (χ4v) is 4.77. The number of hydrogen-bond acceptors (Lipinski definition) is 1. The van der Waals surface area contributed by atoms with Crippen LogP contribution in [0.15, 0.2) is 18.2 Å². The van der Waals surface area contributed by atoms with Crippen molar-refractivity contribution in [3.63, 3.8) is 0 Å². The molecule has 0 aliphatic rings. The Morgan fingerprint density at radius 1 is 1.35 bits per heavy atom. The molecular formula is C13H24IrN2P. The second-order valence-corrected chi connectivity index (χ2v) is 7.74. The van der Waals surface area contributed by atoms with Crippen molar-refractivity contribution in [2.75, 3.05) is 0 Å². The van der Waals surface area contributed by atoms with Crippen LogP contribution in [0.4, 0.5) is 0 Å². The van der Waals surface area contributed by atoms with E-state index in [1.165, 1.54) is 30.8 Å². The zero-order chi connectivity index (χ0) is 13.4. The Morgan fingerprint density at radius 3 is 2.29 bits per heavy atom. The molecule has 0 spiro atoms. The summed E-state index contributed by atoms with van der Waals surface area (Å²) in [6.45, 7) is 9.83. The maximum absolute atomic E-state index is 5.75. The fourth-order valence-electron chi connectivity index (χ4n) is 1.93. The Labute approximate surface area is 121 Å². The van der Waals surface area contributed by atoms with Gasteiger partial charge in [0.25, 0.3) is 0 Å². The topological polar surface area (TPSA) is 59.5 Å². The van der Waals surface area contributed by atoms with Gasteiger partial charge in [0.1, 0.15) is 0 Å². The van der Waals surface area contributed by atoms with Crippen LogP contribution < -0.4 is 11.0 Å². The summed E-state index contributed by atoms with van der Waals surface area (Å²) in [5, 5.41) is 1.37. The van der Waals surface area contributed by atoms with Crippen LogP contribution in [0, 0.1) is 6.07 Å². The minimum absolute atomic E-state index is 0. The second-order valence-electron chi connectivity index (χ2n) is 4.38. The van der Waals surface area contributed by atoms with Crippen LogP contribution in [-0.2, 0) is 26.5 Å². The van der Waals surface area contributed by atoms with Crippen LogP contribution in [0.25, 0.3) is 6.15 Å². The monoisotopic (exact) mass is 433 g/mol. The first kappa shape index (κ1) is 17.2. The third-order valence-electron chi connectivity index (χ3n) is 2.48. The number of benzene rings is 1. The molecule has 0 unspecified atom stereocenters. The van der Waals surface area contributed by atoms with Crippen molar-refractivity contribution < 1.29 is 19.9 Å². The molecule has 1 rings (SSSR count). The molecule has 4 N–H and O–H groups in total. The van der Waals surface area contributed by atoms with Gasteiger partial charge in [-0.15, -0.1) is 10.9 Å². The first-order valence-corrected chi connectivity index (χ1v) is 7.03. The maximum Gasteiger partial charge on any atom is -0.693 e. The summed E-state index contributed by atoms with van der Waals surface area (Å²) in [4.78, 5) is 0. The summed E-state index contributed by atoms with van der Waals surface area (Å²) in [7, 11) is -0.107. The van der Waals surface area contributed by atoms with Crippen molar-refractivity contribution in [1.82, 2.24) is 0 Å². The largest absolute Gasteiger partial charge is 0.693 e. The molecule has 2 nitrogen and oxygen atoms in total. The van der Waals surface area contributed by atoms with Crippen molar-refractivity contribution in [3.8, 4) is 0 Å². The Balaban J connectivity index is 0. The van der Waals surface area contributed by atoms with Gasteiger partial charge in [-0.1, -0.05) is 35.6 Å². The summed E-state index contributed by atoms with van der Waals surface area (Å²) in [6.07, 6.45) is 0. The third-order valence-corrected chi connectivity index (χ3v) is 5.52. The molecule has 1 aromatic rings. The predicted octanol–water partition coefficient (Wildman–Crippen LogP) is 3.32. The summed E-state index contributed by atoms with van der Waals surface area (Å²) in [5.41, 5.74) is 8.31. The number of hydrogen-bond donors (Lipinski definition) is 1. The molecule has 0 atom stereocenters. The average Bonchev–Trinajstić information content (AvgIpc) is 2.31. The zero-order valence-electron chi connectivity index (χ0n) is 12.0. The molecule has 17 heavy (non-hydrogen) atoms. The van der Waals surface area contributed by atoms with E-state index in [4.69, 9.17) is 6.53 Å². The van der Waals surface area contributed by atoms with Crippen LogP contribution in [0.1, 0.15) is 33.3 Å². The van der Waals surface area contributed by atoms with E-state index in [2.05, 4.69) is 45.9 Å². The SMILES string of the molecule is CC(C)P(c1[c-]ccc(CN)c1)C(C)C.[2H][Ir+2].[NH2-]. The van der Waals surface area contributed by atoms with Crippen molar-refractivity contribution in [1.29, 1.82) is 0.800 Å². The molecule has 0 fully saturated rings. The zero-order valence-corrected chi connectivity index (χ0v) is 14.3. The molecule has 1 aromatic carbocycles. The number of nitrogens with two attached hydrogens (primary N) is 2. The maximum atomic E-state index is 5.75. The van der Waals surface area contributed by atoms with Crippen LogP contribution in [-0.4, -0.2) is 12.1 Å². The summed E-state index contributed by atoms with van der Waals surface area (Å²) < 4.78 is 5.75. The van der Waals surface area contributed by atoms with Crippen LogP contribution in [0.2, 0.25) is 0 Å². The molecule has 0 amide bonds. The molecule has 0 radical (unpaired) electrons. The van der Waals surface area contributed by atoms with Crippen molar-refractivity contribution in [3.05, 3.63) is 36.0 Å². The van der Waals surface area contributed by atoms with Gasteiger partial charge in [0.05, 0.1) is 0 Å². The normalized spacial score (nSPS) is 10.8. The van der Waals surface area contributed by atoms with E-state index in [0.717, 1.165) is 0 Å². The minimum Gasteiger partial charge on any atom is -0.693 e. The summed E-state index contributed by atoms with van der Waals surface area (Å²) >= 11 is 1.25. The fraction of sp³-hybridized carbons (Fsp3) is 0.538. The van der Waals surface area contributed by atoms with E-state index >= 15 is 0 Å². The molecule has 0 aliphatic carbocycles. The van der Waals surface area contributed by atoms with E-state index in [-0.39, 0.29) is 14.1 Å². The van der Waals surface area contributed by atoms with Crippen molar-refractivity contribution in [2.24, 2.45) is 5.73 Å². The Kier molecular flexibility index (Phi) is 9.31. The average molecular weight is 433 g/mol. The van der Waals surface area contributed by atoms with Gasteiger partial charge in [0.15, 0.2) is 0 Å². The summed E-state index contributed by atoms with van der Waals surface area (Å²) in [6, 6.07) is 9.67. The molecule has 0 aromatic heterocycles. The van der Waals surface area contributed by atoms with E-state index in [1.54, 1.807) is 0 Å². The molecule has 0 saturated heterocycles. The molecular weight excluding hydrogens is 407 g/mol. The van der Waals surface area contributed by atoms with E-state index in [1.807, 2.05) is 6.07 Å². The van der Waals surface area contributed by atoms with E-state index in [0.29, 0.717) is 17.9 Å². The number of rotatable bonds is 4. The molecule has 0 saturated carbocycles. The van der Waals surface area contributed by atoms with Crippen LogP contribution in [0.5, 0.6) is 0 Å².